The van der Waals surface area contributed by atoms with Gasteiger partial charge in [-0.05, 0) is 31.2 Å². The number of aromatic nitrogens is 1. The SMILES string of the molecule is CCOc1cccc2sc(N3CCN(C(=O)CCOc4ccccc4)CC3)nc12. The van der Waals surface area contributed by atoms with Crippen LogP contribution in [0.2, 0.25) is 0 Å². The maximum atomic E-state index is 12.5. The van der Waals surface area contributed by atoms with Crippen LogP contribution in [0, 0.1) is 0 Å². The summed E-state index contributed by atoms with van der Waals surface area (Å²) >= 11 is 1.68. The van der Waals surface area contributed by atoms with E-state index in [4.69, 9.17) is 14.5 Å². The number of rotatable bonds is 7. The molecule has 0 radical (unpaired) electrons. The molecular formula is C22H25N3O3S. The van der Waals surface area contributed by atoms with Gasteiger partial charge in [0.1, 0.15) is 17.0 Å². The second kappa shape index (κ2) is 9.13. The molecule has 1 amide bonds. The number of thiazole rings is 1. The standard InChI is InChI=1S/C22H25N3O3S/c1-2-27-18-9-6-10-19-21(18)23-22(29-19)25-14-12-24(13-15-25)20(26)11-16-28-17-7-4-3-5-8-17/h3-10H,2,11-16H2,1H3. The maximum absolute atomic E-state index is 12.5. The van der Waals surface area contributed by atoms with E-state index in [1.807, 2.05) is 54.3 Å². The highest BCUT2D eigenvalue weighted by Crippen LogP contribution is 2.34. The highest BCUT2D eigenvalue weighted by Gasteiger charge is 2.23. The smallest absolute Gasteiger partial charge is 0.226 e. The molecule has 0 N–H and O–H groups in total. The summed E-state index contributed by atoms with van der Waals surface area (Å²) < 4.78 is 12.5. The third-order valence-corrected chi connectivity index (χ3v) is 5.98. The molecule has 7 heteroatoms. The number of carbonyl (C=O) groups excluding carboxylic acids is 1. The van der Waals surface area contributed by atoms with Crippen molar-refractivity contribution in [2.45, 2.75) is 13.3 Å². The van der Waals surface area contributed by atoms with Crippen molar-refractivity contribution in [3.63, 3.8) is 0 Å². The van der Waals surface area contributed by atoms with Crippen molar-refractivity contribution in [3.05, 3.63) is 48.5 Å². The summed E-state index contributed by atoms with van der Waals surface area (Å²) in [5.74, 6) is 1.77. The molecule has 1 aromatic heterocycles. The molecule has 3 aromatic rings. The quantitative estimate of drug-likeness (QED) is 0.592. The number of benzene rings is 2. The van der Waals surface area contributed by atoms with Gasteiger partial charge in [-0.25, -0.2) is 4.98 Å². The molecule has 0 spiro atoms. The van der Waals surface area contributed by atoms with Crippen molar-refractivity contribution in [2.24, 2.45) is 0 Å². The zero-order valence-corrected chi connectivity index (χ0v) is 17.4. The van der Waals surface area contributed by atoms with Crippen molar-refractivity contribution >= 4 is 32.6 Å². The summed E-state index contributed by atoms with van der Waals surface area (Å²) in [6.07, 6.45) is 0.397. The Labute approximate surface area is 174 Å². The fourth-order valence-electron chi connectivity index (χ4n) is 3.40. The molecule has 1 aliphatic heterocycles. The molecule has 4 rings (SSSR count). The second-order valence-electron chi connectivity index (χ2n) is 6.81. The van der Waals surface area contributed by atoms with Gasteiger partial charge in [-0.3, -0.25) is 4.79 Å². The van der Waals surface area contributed by atoms with Crippen LogP contribution in [-0.4, -0.2) is 55.2 Å². The van der Waals surface area contributed by atoms with Crippen LogP contribution in [0.15, 0.2) is 48.5 Å². The lowest BCUT2D eigenvalue weighted by Gasteiger charge is -2.34. The van der Waals surface area contributed by atoms with E-state index in [0.717, 1.165) is 39.9 Å². The molecule has 1 saturated heterocycles. The topological polar surface area (TPSA) is 54.9 Å². The van der Waals surface area contributed by atoms with Crippen LogP contribution in [0.4, 0.5) is 5.13 Å². The minimum atomic E-state index is 0.142. The molecule has 0 bridgehead atoms. The minimum absolute atomic E-state index is 0.142. The molecule has 2 aromatic carbocycles. The first kappa shape index (κ1) is 19.5. The molecule has 0 aliphatic carbocycles. The van der Waals surface area contributed by atoms with Gasteiger partial charge < -0.3 is 19.3 Å². The number of nitrogens with zero attached hydrogens (tertiary/aromatic N) is 3. The summed E-state index contributed by atoms with van der Waals surface area (Å²) in [5.41, 5.74) is 0.922. The number of anilines is 1. The Hall–Kier alpha value is -2.80. The largest absolute Gasteiger partial charge is 0.493 e. The molecule has 0 saturated carbocycles. The van der Waals surface area contributed by atoms with Gasteiger partial charge in [0.05, 0.1) is 24.3 Å². The van der Waals surface area contributed by atoms with E-state index >= 15 is 0 Å². The molecular weight excluding hydrogens is 386 g/mol. The molecule has 29 heavy (non-hydrogen) atoms. The summed E-state index contributed by atoms with van der Waals surface area (Å²) in [5, 5.41) is 0.992. The van der Waals surface area contributed by atoms with Crippen LogP contribution in [0.1, 0.15) is 13.3 Å². The van der Waals surface area contributed by atoms with Gasteiger partial charge in [0, 0.05) is 26.2 Å². The molecule has 2 heterocycles. The lowest BCUT2D eigenvalue weighted by Crippen LogP contribution is -2.49. The Balaban J connectivity index is 1.30. The Morgan fingerprint density at radius 2 is 1.83 bits per heavy atom. The van der Waals surface area contributed by atoms with Crippen molar-refractivity contribution < 1.29 is 14.3 Å². The summed E-state index contributed by atoms with van der Waals surface area (Å²) in [4.78, 5) is 21.5. The first-order valence-electron chi connectivity index (χ1n) is 9.97. The van der Waals surface area contributed by atoms with Crippen LogP contribution >= 0.6 is 11.3 Å². The van der Waals surface area contributed by atoms with Gasteiger partial charge in [-0.2, -0.15) is 0 Å². The van der Waals surface area contributed by atoms with Crippen molar-refractivity contribution in [1.29, 1.82) is 0 Å². The lowest BCUT2D eigenvalue weighted by molar-refractivity contribution is -0.132. The van der Waals surface area contributed by atoms with E-state index in [-0.39, 0.29) is 5.91 Å². The highest BCUT2D eigenvalue weighted by molar-refractivity contribution is 7.22. The van der Waals surface area contributed by atoms with E-state index in [1.165, 1.54) is 0 Å². The second-order valence-corrected chi connectivity index (χ2v) is 7.82. The molecule has 152 valence electrons. The summed E-state index contributed by atoms with van der Waals surface area (Å²) in [7, 11) is 0. The van der Waals surface area contributed by atoms with E-state index in [2.05, 4.69) is 11.0 Å². The summed E-state index contributed by atoms with van der Waals surface area (Å²) in [6, 6.07) is 15.6. The number of piperazine rings is 1. The fourth-order valence-corrected chi connectivity index (χ4v) is 4.43. The van der Waals surface area contributed by atoms with Crippen LogP contribution < -0.4 is 14.4 Å². The van der Waals surface area contributed by atoms with Crippen LogP contribution in [0.3, 0.4) is 0 Å². The van der Waals surface area contributed by atoms with Crippen molar-refractivity contribution in [1.82, 2.24) is 9.88 Å². The van der Waals surface area contributed by atoms with Gasteiger partial charge in [-0.1, -0.05) is 35.6 Å². The average Bonchev–Trinajstić information content (AvgIpc) is 3.20. The fraction of sp³-hybridized carbons (Fsp3) is 0.364. The number of para-hydroxylation sites is 2. The third-order valence-electron chi connectivity index (χ3n) is 4.90. The van der Waals surface area contributed by atoms with Crippen LogP contribution in [0.5, 0.6) is 11.5 Å². The first-order chi connectivity index (χ1) is 14.2. The minimum Gasteiger partial charge on any atom is -0.493 e. The summed E-state index contributed by atoms with van der Waals surface area (Å²) in [6.45, 7) is 6.00. The van der Waals surface area contributed by atoms with Crippen LogP contribution in [0.25, 0.3) is 10.2 Å². The number of hydrogen-bond donors (Lipinski definition) is 0. The predicted molar refractivity (Wildman–Crippen MR) is 116 cm³/mol. The molecule has 6 nitrogen and oxygen atoms in total. The normalized spacial score (nSPS) is 14.2. The molecule has 1 aliphatic rings. The molecule has 1 fully saturated rings. The first-order valence-corrected chi connectivity index (χ1v) is 10.8. The highest BCUT2D eigenvalue weighted by atomic mass is 32.1. The molecule has 0 unspecified atom stereocenters. The third kappa shape index (κ3) is 4.62. The Bertz CT molecular complexity index is 952. The van der Waals surface area contributed by atoms with Gasteiger partial charge in [0.25, 0.3) is 0 Å². The number of fused-ring (bicyclic) bond motifs is 1. The lowest BCUT2D eigenvalue weighted by atomic mass is 10.3. The maximum Gasteiger partial charge on any atom is 0.226 e. The Morgan fingerprint density at radius 1 is 1.03 bits per heavy atom. The van der Waals surface area contributed by atoms with Crippen molar-refractivity contribution in [3.8, 4) is 11.5 Å². The van der Waals surface area contributed by atoms with Crippen LogP contribution in [-0.2, 0) is 4.79 Å². The Morgan fingerprint density at radius 3 is 2.59 bits per heavy atom. The number of hydrogen-bond acceptors (Lipinski definition) is 6. The van der Waals surface area contributed by atoms with Gasteiger partial charge in [0.2, 0.25) is 5.91 Å². The van der Waals surface area contributed by atoms with Gasteiger partial charge in [-0.15, -0.1) is 0 Å². The predicted octanol–water partition coefficient (Wildman–Crippen LogP) is 3.81. The zero-order valence-electron chi connectivity index (χ0n) is 16.5. The average molecular weight is 412 g/mol. The number of amides is 1. The monoisotopic (exact) mass is 411 g/mol. The molecule has 0 atom stereocenters. The number of ether oxygens (including phenoxy) is 2. The zero-order chi connectivity index (χ0) is 20.1. The van der Waals surface area contributed by atoms with Gasteiger partial charge >= 0.3 is 0 Å². The Kier molecular flexibility index (Phi) is 6.14. The van der Waals surface area contributed by atoms with Gasteiger partial charge in [0.15, 0.2) is 5.13 Å². The van der Waals surface area contributed by atoms with Crippen molar-refractivity contribution in [2.75, 3.05) is 44.3 Å². The number of carbonyl (C=O) groups is 1. The van der Waals surface area contributed by atoms with E-state index in [9.17, 15) is 4.79 Å². The van der Waals surface area contributed by atoms with E-state index in [0.29, 0.717) is 32.7 Å². The van der Waals surface area contributed by atoms with E-state index < -0.39 is 0 Å². The van der Waals surface area contributed by atoms with E-state index in [1.54, 1.807) is 11.3 Å².